The number of ether oxygens (including phenoxy) is 1. The maximum atomic E-state index is 14.3. The van der Waals surface area contributed by atoms with Gasteiger partial charge in [0.15, 0.2) is 0 Å². The molecule has 0 saturated carbocycles. The molecule has 3 aliphatic heterocycles. The minimum atomic E-state index is -1.68. The summed E-state index contributed by atoms with van der Waals surface area (Å²) in [6.45, 7) is 4.43. The number of unbranched alkanes of at least 4 members (excludes halogenated alkanes) is 5. The van der Waals surface area contributed by atoms with Gasteiger partial charge in [0.05, 0.1) is 31.0 Å². The first kappa shape index (κ1) is 53.1. The fourth-order valence-electron chi connectivity index (χ4n) is 8.69. The zero-order chi connectivity index (χ0) is 49.5. The highest BCUT2D eigenvalue weighted by Gasteiger charge is 2.46. The molecule has 0 spiro atoms. The number of phenols is 1. The summed E-state index contributed by atoms with van der Waals surface area (Å²) in [7, 11) is 0. The number of rotatable bonds is 15. The van der Waals surface area contributed by atoms with E-state index in [9.17, 15) is 59.1 Å². The summed E-state index contributed by atoms with van der Waals surface area (Å²) in [5.41, 5.74) is 0.854. The summed E-state index contributed by atoms with van der Waals surface area (Å²) < 4.78 is 5.85. The molecule has 10 N–H and O–H groups in total. The van der Waals surface area contributed by atoms with Gasteiger partial charge in [-0.15, -0.1) is 0 Å². The summed E-state index contributed by atoms with van der Waals surface area (Å²) in [4.78, 5) is 100. The van der Waals surface area contributed by atoms with E-state index in [0.717, 1.165) is 35.5 Å². The lowest BCUT2D eigenvalue weighted by molar-refractivity contribution is -0.145. The van der Waals surface area contributed by atoms with Crippen LogP contribution in [0.25, 0.3) is 0 Å². The maximum Gasteiger partial charge on any atom is 0.251 e. The highest BCUT2D eigenvalue weighted by molar-refractivity contribution is 6.00. The summed E-state index contributed by atoms with van der Waals surface area (Å²) in [5.74, 6) is -5.23. The SMILES string of the molecule is CCCCCCCCOc1ccc(C(=O)NC2CCCNC(=O)[C@@H]3CC(O)CN3C(=O)[C@H]([C@@H](C)O)NC(=O)[C@H](CCc3ccc(O)cc3)NC(=O)[C@@H]3CC(O)CN3C(=O)[C@H]([C@@H](C)O)NC2=O)cc1. The molecule has 2 aromatic rings. The Morgan fingerprint density at radius 3 is 1.88 bits per heavy atom. The van der Waals surface area contributed by atoms with Crippen LogP contribution in [0.3, 0.4) is 0 Å². The molecule has 3 unspecified atom stereocenters. The number of aliphatic hydroxyl groups is 4. The molecule has 0 bridgehead atoms. The van der Waals surface area contributed by atoms with Crippen molar-refractivity contribution in [2.45, 2.75) is 158 Å². The Labute approximate surface area is 396 Å². The highest BCUT2D eigenvalue weighted by atomic mass is 16.5. The molecular weight excluding hydrogens is 883 g/mol. The van der Waals surface area contributed by atoms with Gasteiger partial charge in [0.25, 0.3) is 5.91 Å². The van der Waals surface area contributed by atoms with Crippen molar-refractivity contribution in [3.63, 3.8) is 0 Å². The van der Waals surface area contributed by atoms with Crippen LogP contribution in [0.5, 0.6) is 11.5 Å². The number of phenolic OH excluding ortho intramolecular Hbond substituents is 1. The number of amides is 7. The minimum absolute atomic E-state index is 0.00246. The Hall–Kier alpha value is -5.83. The van der Waals surface area contributed by atoms with Crippen LogP contribution >= 0.6 is 0 Å². The first-order valence-corrected chi connectivity index (χ1v) is 23.8. The van der Waals surface area contributed by atoms with E-state index in [1.54, 1.807) is 24.3 Å². The van der Waals surface area contributed by atoms with E-state index in [1.165, 1.54) is 51.0 Å². The van der Waals surface area contributed by atoms with E-state index in [1.807, 2.05) is 0 Å². The molecular formula is C48H69N7O13. The Morgan fingerprint density at radius 1 is 0.735 bits per heavy atom. The van der Waals surface area contributed by atoms with Crippen LogP contribution in [0.1, 0.15) is 107 Å². The van der Waals surface area contributed by atoms with Gasteiger partial charge in [-0.3, -0.25) is 33.6 Å². The van der Waals surface area contributed by atoms with Crippen LogP contribution < -0.4 is 31.3 Å². The predicted octanol–water partition coefficient (Wildman–Crippen LogP) is -0.0877. The smallest absolute Gasteiger partial charge is 0.251 e. The van der Waals surface area contributed by atoms with Crippen molar-refractivity contribution in [3.8, 4) is 11.5 Å². The van der Waals surface area contributed by atoms with E-state index in [-0.39, 0.29) is 69.5 Å². The molecule has 5 rings (SSSR count). The molecule has 0 aliphatic carbocycles. The molecule has 0 aromatic heterocycles. The van der Waals surface area contributed by atoms with Gasteiger partial charge < -0.3 is 66.7 Å². The van der Waals surface area contributed by atoms with E-state index in [4.69, 9.17) is 4.74 Å². The first-order chi connectivity index (χ1) is 32.5. The molecule has 20 nitrogen and oxygen atoms in total. The Bertz CT molecular complexity index is 2040. The third-order valence-corrected chi connectivity index (χ3v) is 12.6. The van der Waals surface area contributed by atoms with Gasteiger partial charge in [-0.1, -0.05) is 51.2 Å². The number of aromatic hydroxyl groups is 1. The van der Waals surface area contributed by atoms with Crippen molar-refractivity contribution in [1.29, 1.82) is 0 Å². The van der Waals surface area contributed by atoms with Gasteiger partial charge in [-0.05, 0) is 87.9 Å². The van der Waals surface area contributed by atoms with Crippen LogP contribution in [0.2, 0.25) is 0 Å². The average Bonchev–Trinajstić information content (AvgIpc) is 3.91. The number of hydrogen-bond acceptors (Lipinski definition) is 13. The van der Waals surface area contributed by atoms with Crippen molar-refractivity contribution < 1.29 is 63.8 Å². The molecule has 68 heavy (non-hydrogen) atoms. The first-order valence-electron chi connectivity index (χ1n) is 23.8. The van der Waals surface area contributed by atoms with E-state index in [2.05, 4.69) is 33.5 Å². The van der Waals surface area contributed by atoms with Crippen molar-refractivity contribution >= 4 is 41.4 Å². The summed E-state index contributed by atoms with van der Waals surface area (Å²) in [6.07, 6.45) is 0.808. The van der Waals surface area contributed by atoms with Crippen LogP contribution in [-0.2, 0) is 35.2 Å². The quantitative estimate of drug-likeness (QED) is 0.105. The molecule has 3 fully saturated rings. The van der Waals surface area contributed by atoms with Crippen LogP contribution in [0.4, 0.5) is 0 Å². The van der Waals surface area contributed by atoms with E-state index in [0.29, 0.717) is 17.9 Å². The largest absolute Gasteiger partial charge is 0.508 e. The Kier molecular flexibility index (Phi) is 19.9. The fraction of sp³-hybridized carbons (Fsp3) is 0.604. The van der Waals surface area contributed by atoms with Gasteiger partial charge >= 0.3 is 0 Å². The zero-order valence-corrected chi connectivity index (χ0v) is 39.1. The standard InChI is InChI=1S/C48H69N7O13/c1-4-5-6-7-8-9-23-68-35-19-15-31(16-20-35)42(61)50-36-11-10-22-49-45(64)38-24-33(59)26-54(38)47(66)40(28(2)56)53-44(63)37(21-14-30-12-17-32(58)18-13-30)51-46(65)39-25-34(60)27-55(39)48(67)41(29(3)57)52-43(36)62/h12-13,15-20,28-29,33-34,36-41,56-60H,4-11,14,21-27H2,1-3H3,(H,49,64)(H,50,61)(H,51,65)(H,52,62)(H,53,63)/t28-,29-,33?,34?,36?,37+,38+,39+,40+,41+/m1/s1. The van der Waals surface area contributed by atoms with Crippen LogP contribution in [0.15, 0.2) is 48.5 Å². The number of fused-ring (bicyclic) bond motifs is 2. The van der Waals surface area contributed by atoms with E-state index < -0.39 is 102 Å². The molecule has 0 radical (unpaired) electrons. The summed E-state index contributed by atoms with van der Waals surface area (Å²) in [6, 6.07) is 3.75. The van der Waals surface area contributed by atoms with Crippen molar-refractivity contribution in [3.05, 3.63) is 59.7 Å². The van der Waals surface area contributed by atoms with Gasteiger partial charge in [0.2, 0.25) is 35.4 Å². The molecule has 374 valence electrons. The molecule has 3 aliphatic rings. The van der Waals surface area contributed by atoms with Crippen molar-refractivity contribution in [2.24, 2.45) is 0 Å². The number of nitrogens with zero attached hydrogens (tertiary/aromatic N) is 2. The number of benzene rings is 2. The summed E-state index contributed by atoms with van der Waals surface area (Å²) in [5, 5.41) is 66.1. The lowest BCUT2D eigenvalue weighted by Crippen LogP contribution is -2.61. The van der Waals surface area contributed by atoms with Crippen molar-refractivity contribution in [1.82, 2.24) is 36.4 Å². The predicted molar refractivity (Wildman–Crippen MR) is 247 cm³/mol. The van der Waals surface area contributed by atoms with Crippen LogP contribution in [-0.4, -0.2) is 164 Å². The second-order valence-electron chi connectivity index (χ2n) is 18.1. The molecule has 10 atom stereocenters. The Balaban J connectivity index is 1.41. The molecule has 7 amide bonds. The lowest BCUT2D eigenvalue weighted by atomic mass is 10.0. The summed E-state index contributed by atoms with van der Waals surface area (Å²) >= 11 is 0. The fourth-order valence-corrected chi connectivity index (χ4v) is 8.69. The lowest BCUT2D eigenvalue weighted by Gasteiger charge is -2.32. The van der Waals surface area contributed by atoms with E-state index >= 15 is 0 Å². The third kappa shape index (κ3) is 14.8. The average molecular weight is 952 g/mol. The van der Waals surface area contributed by atoms with Gasteiger partial charge in [-0.2, -0.15) is 0 Å². The van der Waals surface area contributed by atoms with Crippen molar-refractivity contribution in [2.75, 3.05) is 26.2 Å². The zero-order valence-electron chi connectivity index (χ0n) is 39.1. The van der Waals surface area contributed by atoms with Crippen LogP contribution in [0, 0.1) is 0 Å². The third-order valence-electron chi connectivity index (χ3n) is 12.6. The number of aryl methyl sites for hydroxylation is 1. The second kappa shape index (κ2) is 25.5. The van der Waals surface area contributed by atoms with Gasteiger partial charge in [0, 0.05) is 38.0 Å². The van der Waals surface area contributed by atoms with Gasteiger partial charge in [0.1, 0.15) is 47.8 Å². The number of hydrogen-bond donors (Lipinski definition) is 10. The number of nitrogens with one attached hydrogen (secondary N) is 5. The topological polar surface area (TPSA) is 296 Å². The molecule has 20 heteroatoms. The normalized spacial score (nSPS) is 26.6. The highest BCUT2D eigenvalue weighted by Crippen LogP contribution is 2.23. The molecule has 3 heterocycles. The number of carbonyl (C=O) groups is 7. The number of aliphatic hydroxyl groups excluding tert-OH is 4. The van der Waals surface area contributed by atoms with Gasteiger partial charge in [-0.25, -0.2) is 0 Å². The molecule has 3 saturated heterocycles. The second-order valence-corrected chi connectivity index (χ2v) is 18.1. The molecule has 2 aromatic carbocycles. The Morgan fingerprint density at radius 2 is 1.29 bits per heavy atom. The number of carbonyl (C=O) groups excluding carboxylic acids is 7. The minimum Gasteiger partial charge on any atom is -0.508 e. The maximum absolute atomic E-state index is 14.3. The monoisotopic (exact) mass is 951 g/mol.